The third kappa shape index (κ3) is 3.86. The zero-order valence-corrected chi connectivity index (χ0v) is 11.6. The van der Waals surface area contributed by atoms with Gasteiger partial charge in [0.25, 0.3) is 5.91 Å². The Morgan fingerprint density at radius 1 is 1.20 bits per heavy atom. The van der Waals surface area contributed by atoms with E-state index in [1.54, 1.807) is 6.07 Å². The SMILES string of the molecule is CNC(=O)[C@H](CO)NC(=O)c1cc(OC)cc(OC)c1. The minimum Gasteiger partial charge on any atom is -0.497 e. The number of carbonyl (C=O) groups is 2. The van der Waals surface area contributed by atoms with E-state index in [0.717, 1.165) is 0 Å². The second-order valence-corrected chi connectivity index (χ2v) is 3.92. The first-order valence-electron chi connectivity index (χ1n) is 5.92. The summed E-state index contributed by atoms with van der Waals surface area (Å²) in [4.78, 5) is 23.5. The van der Waals surface area contributed by atoms with E-state index in [4.69, 9.17) is 14.6 Å². The molecule has 0 saturated carbocycles. The molecule has 1 aromatic rings. The van der Waals surface area contributed by atoms with Crippen LogP contribution in [0.1, 0.15) is 10.4 Å². The van der Waals surface area contributed by atoms with Gasteiger partial charge in [0.05, 0.1) is 20.8 Å². The van der Waals surface area contributed by atoms with Crippen molar-refractivity contribution in [3.05, 3.63) is 23.8 Å². The van der Waals surface area contributed by atoms with Crippen LogP contribution in [0.15, 0.2) is 18.2 Å². The summed E-state index contributed by atoms with van der Waals surface area (Å²) in [5.74, 6) is -0.0782. The minimum absolute atomic E-state index is 0.267. The van der Waals surface area contributed by atoms with Crippen LogP contribution in [0.25, 0.3) is 0 Å². The van der Waals surface area contributed by atoms with E-state index >= 15 is 0 Å². The van der Waals surface area contributed by atoms with Crippen molar-refractivity contribution < 1.29 is 24.2 Å². The number of hydrogen-bond donors (Lipinski definition) is 3. The fourth-order valence-electron chi connectivity index (χ4n) is 1.55. The average Bonchev–Trinajstić information content (AvgIpc) is 2.50. The number of aliphatic hydroxyl groups is 1. The van der Waals surface area contributed by atoms with Gasteiger partial charge in [0, 0.05) is 18.7 Å². The van der Waals surface area contributed by atoms with E-state index in [9.17, 15) is 9.59 Å². The summed E-state index contributed by atoms with van der Waals surface area (Å²) >= 11 is 0. The van der Waals surface area contributed by atoms with Crippen molar-refractivity contribution in [2.75, 3.05) is 27.9 Å². The van der Waals surface area contributed by atoms with Gasteiger partial charge >= 0.3 is 0 Å². The summed E-state index contributed by atoms with van der Waals surface area (Å²) < 4.78 is 10.1. The van der Waals surface area contributed by atoms with Gasteiger partial charge in [-0.3, -0.25) is 9.59 Å². The summed E-state index contributed by atoms with van der Waals surface area (Å²) in [5.41, 5.74) is 0.267. The molecule has 0 heterocycles. The van der Waals surface area contributed by atoms with E-state index in [-0.39, 0.29) is 5.56 Å². The fraction of sp³-hybridized carbons (Fsp3) is 0.385. The summed E-state index contributed by atoms with van der Waals surface area (Å²) in [6.45, 7) is -0.494. The topological polar surface area (TPSA) is 96.9 Å². The van der Waals surface area contributed by atoms with Crippen molar-refractivity contribution in [3.8, 4) is 11.5 Å². The Hall–Kier alpha value is -2.28. The number of likely N-dealkylation sites (N-methyl/N-ethyl adjacent to an activating group) is 1. The molecule has 1 aromatic carbocycles. The summed E-state index contributed by atoms with van der Waals surface area (Å²) in [6, 6.07) is 3.63. The molecule has 0 aliphatic carbocycles. The van der Waals surface area contributed by atoms with Crippen LogP contribution in [0.2, 0.25) is 0 Å². The van der Waals surface area contributed by atoms with Crippen LogP contribution in [0.3, 0.4) is 0 Å². The molecule has 0 unspecified atom stereocenters. The lowest BCUT2D eigenvalue weighted by molar-refractivity contribution is -0.123. The van der Waals surface area contributed by atoms with Crippen LogP contribution in [0, 0.1) is 0 Å². The standard InChI is InChI=1S/C13H18N2O5/c1-14-13(18)11(7-16)15-12(17)8-4-9(19-2)6-10(5-8)20-3/h4-6,11,16H,7H2,1-3H3,(H,14,18)(H,15,17)/t11-/m0/s1. The van der Waals surface area contributed by atoms with Gasteiger partial charge < -0.3 is 25.2 Å². The molecule has 0 bridgehead atoms. The molecule has 3 N–H and O–H groups in total. The van der Waals surface area contributed by atoms with Gasteiger partial charge in [0.2, 0.25) is 5.91 Å². The zero-order valence-electron chi connectivity index (χ0n) is 11.6. The zero-order chi connectivity index (χ0) is 15.1. The number of ether oxygens (including phenoxy) is 2. The van der Waals surface area contributed by atoms with Crippen molar-refractivity contribution in [3.63, 3.8) is 0 Å². The number of carbonyl (C=O) groups excluding carboxylic acids is 2. The molecule has 0 spiro atoms. The van der Waals surface area contributed by atoms with Crippen molar-refractivity contribution >= 4 is 11.8 Å². The molecule has 0 aromatic heterocycles. The Balaban J connectivity index is 2.93. The van der Waals surface area contributed by atoms with Gasteiger partial charge in [-0.25, -0.2) is 0 Å². The molecule has 1 atom stereocenters. The van der Waals surface area contributed by atoms with E-state index in [1.807, 2.05) is 0 Å². The molecule has 2 amide bonds. The van der Waals surface area contributed by atoms with Gasteiger partial charge in [-0.2, -0.15) is 0 Å². The van der Waals surface area contributed by atoms with E-state index in [2.05, 4.69) is 10.6 Å². The lowest BCUT2D eigenvalue weighted by atomic mass is 10.1. The largest absolute Gasteiger partial charge is 0.497 e. The molecule has 20 heavy (non-hydrogen) atoms. The Labute approximate surface area is 116 Å². The Morgan fingerprint density at radius 3 is 2.15 bits per heavy atom. The average molecular weight is 282 g/mol. The second kappa shape index (κ2) is 7.34. The number of amides is 2. The first-order chi connectivity index (χ1) is 9.55. The van der Waals surface area contributed by atoms with Gasteiger partial charge in [0.1, 0.15) is 17.5 Å². The van der Waals surface area contributed by atoms with Crippen LogP contribution < -0.4 is 20.1 Å². The Kier molecular flexibility index (Phi) is 5.79. The lowest BCUT2D eigenvalue weighted by Crippen LogP contribution is -2.47. The maximum absolute atomic E-state index is 12.1. The molecule has 0 saturated heterocycles. The predicted molar refractivity (Wildman–Crippen MR) is 72.0 cm³/mol. The number of rotatable bonds is 6. The summed E-state index contributed by atoms with van der Waals surface area (Å²) in [5, 5.41) is 13.9. The molecule has 1 rings (SSSR count). The highest BCUT2D eigenvalue weighted by atomic mass is 16.5. The Bertz CT molecular complexity index is 467. The molecule has 0 aliphatic rings. The molecular formula is C13H18N2O5. The lowest BCUT2D eigenvalue weighted by Gasteiger charge is -2.15. The van der Waals surface area contributed by atoms with Crippen LogP contribution in [-0.4, -0.2) is 50.8 Å². The van der Waals surface area contributed by atoms with Crippen molar-refractivity contribution in [1.29, 1.82) is 0 Å². The fourth-order valence-corrected chi connectivity index (χ4v) is 1.55. The normalized spacial score (nSPS) is 11.4. The van der Waals surface area contributed by atoms with Crippen LogP contribution in [0.5, 0.6) is 11.5 Å². The number of nitrogens with one attached hydrogen (secondary N) is 2. The number of aliphatic hydroxyl groups excluding tert-OH is 1. The quantitative estimate of drug-likeness (QED) is 0.656. The molecule has 7 nitrogen and oxygen atoms in total. The summed E-state index contributed by atoms with van der Waals surface area (Å²) in [7, 11) is 4.36. The third-order valence-electron chi connectivity index (χ3n) is 2.66. The van der Waals surface area contributed by atoms with Gasteiger partial charge in [-0.1, -0.05) is 0 Å². The highest BCUT2D eigenvalue weighted by Gasteiger charge is 2.20. The Morgan fingerprint density at radius 2 is 1.75 bits per heavy atom. The van der Waals surface area contributed by atoms with Crippen LogP contribution in [-0.2, 0) is 4.79 Å². The maximum atomic E-state index is 12.1. The monoisotopic (exact) mass is 282 g/mol. The highest BCUT2D eigenvalue weighted by Crippen LogP contribution is 2.22. The smallest absolute Gasteiger partial charge is 0.252 e. The minimum atomic E-state index is -1.01. The van der Waals surface area contributed by atoms with Crippen LogP contribution in [0.4, 0.5) is 0 Å². The van der Waals surface area contributed by atoms with Gasteiger partial charge in [0.15, 0.2) is 0 Å². The van der Waals surface area contributed by atoms with Crippen molar-refractivity contribution in [2.45, 2.75) is 6.04 Å². The number of hydrogen-bond acceptors (Lipinski definition) is 5. The molecular weight excluding hydrogens is 264 g/mol. The van der Waals surface area contributed by atoms with E-state index in [1.165, 1.54) is 33.4 Å². The van der Waals surface area contributed by atoms with Crippen LogP contribution >= 0.6 is 0 Å². The van der Waals surface area contributed by atoms with Gasteiger partial charge in [-0.15, -0.1) is 0 Å². The molecule has 0 fully saturated rings. The maximum Gasteiger partial charge on any atom is 0.252 e. The predicted octanol–water partition coefficient (Wildman–Crippen LogP) is -0.459. The first kappa shape index (κ1) is 15.8. The highest BCUT2D eigenvalue weighted by molar-refractivity contribution is 5.98. The van der Waals surface area contributed by atoms with Crippen molar-refractivity contribution in [2.24, 2.45) is 0 Å². The van der Waals surface area contributed by atoms with Crippen molar-refractivity contribution in [1.82, 2.24) is 10.6 Å². The first-order valence-corrected chi connectivity index (χ1v) is 5.92. The van der Waals surface area contributed by atoms with Gasteiger partial charge in [-0.05, 0) is 12.1 Å². The van der Waals surface area contributed by atoms with E-state index in [0.29, 0.717) is 11.5 Å². The van der Waals surface area contributed by atoms with E-state index < -0.39 is 24.5 Å². The molecule has 7 heteroatoms. The summed E-state index contributed by atoms with van der Waals surface area (Å²) in [6.07, 6.45) is 0. The third-order valence-corrected chi connectivity index (χ3v) is 2.66. The molecule has 110 valence electrons. The number of methoxy groups -OCH3 is 2. The number of benzene rings is 1. The second-order valence-electron chi connectivity index (χ2n) is 3.92. The molecule has 0 radical (unpaired) electrons. The molecule has 0 aliphatic heterocycles.